The molecular weight excluding hydrogens is 503 g/mol. The number of morpholine rings is 1. The summed E-state index contributed by atoms with van der Waals surface area (Å²) in [6.07, 6.45) is 0.597. The fraction of sp³-hybridized carbons (Fsp3) is 0.458. The molecule has 1 saturated heterocycles. The van der Waals surface area contributed by atoms with Gasteiger partial charge in [0.1, 0.15) is 5.75 Å². The second-order valence-electron chi connectivity index (χ2n) is 7.86. The van der Waals surface area contributed by atoms with Crippen molar-refractivity contribution < 1.29 is 9.47 Å². The lowest BCUT2D eigenvalue weighted by atomic mass is 10.1. The van der Waals surface area contributed by atoms with Gasteiger partial charge >= 0.3 is 0 Å². The number of nitrogens with zero attached hydrogens (tertiary/aromatic N) is 2. The van der Waals surface area contributed by atoms with E-state index in [4.69, 9.17) is 9.47 Å². The Morgan fingerprint density at radius 2 is 1.61 bits per heavy atom. The number of hydrogen-bond donors (Lipinski definition) is 2. The lowest BCUT2D eigenvalue weighted by Crippen LogP contribution is -2.44. The van der Waals surface area contributed by atoms with Crippen molar-refractivity contribution >= 4 is 29.9 Å². The van der Waals surface area contributed by atoms with E-state index in [1.165, 1.54) is 11.1 Å². The first-order chi connectivity index (χ1) is 14.6. The first-order valence-electron chi connectivity index (χ1n) is 10.6. The molecule has 1 fully saturated rings. The largest absolute Gasteiger partial charge is 0.496 e. The number of rotatable bonds is 7. The third kappa shape index (κ3) is 7.97. The van der Waals surface area contributed by atoms with Crippen molar-refractivity contribution in [3.8, 4) is 5.75 Å². The average molecular weight is 538 g/mol. The number of benzene rings is 2. The van der Waals surface area contributed by atoms with Crippen LogP contribution in [0.15, 0.2) is 53.5 Å². The summed E-state index contributed by atoms with van der Waals surface area (Å²) in [4.78, 5) is 6.79. The highest BCUT2D eigenvalue weighted by Gasteiger charge is 2.21. The Hall–Kier alpha value is -1.84. The minimum absolute atomic E-state index is 0. The van der Waals surface area contributed by atoms with Gasteiger partial charge in [0.15, 0.2) is 5.96 Å². The van der Waals surface area contributed by atoms with Crippen molar-refractivity contribution in [2.24, 2.45) is 4.99 Å². The monoisotopic (exact) mass is 538 g/mol. The molecule has 0 aromatic heterocycles. The molecule has 3 rings (SSSR count). The van der Waals surface area contributed by atoms with Gasteiger partial charge in [-0.15, -0.1) is 24.0 Å². The molecule has 0 saturated carbocycles. The quantitative estimate of drug-likeness (QED) is 0.319. The molecule has 170 valence electrons. The van der Waals surface area contributed by atoms with E-state index in [9.17, 15) is 0 Å². The van der Waals surface area contributed by atoms with Crippen LogP contribution in [0.4, 0.5) is 0 Å². The van der Waals surface area contributed by atoms with Crippen LogP contribution in [0, 0.1) is 0 Å². The predicted molar refractivity (Wildman–Crippen MR) is 137 cm³/mol. The summed E-state index contributed by atoms with van der Waals surface area (Å²) in [5.74, 6) is 1.64. The maximum Gasteiger partial charge on any atom is 0.191 e. The third-order valence-corrected chi connectivity index (χ3v) is 5.25. The van der Waals surface area contributed by atoms with E-state index < -0.39 is 0 Å². The van der Waals surface area contributed by atoms with Crippen molar-refractivity contribution in [1.29, 1.82) is 0 Å². The van der Waals surface area contributed by atoms with Crippen molar-refractivity contribution in [3.63, 3.8) is 0 Å². The highest BCUT2D eigenvalue weighted by molar-refractivity contribution is 14.0. The Morgan fingerprint density at radius 1 is 1.00 bits per heavy atom. The number of guanidine groups is 1. The molecular formula is C24H35IN4O2. The van der Waals surface area contributed by atoms with Gasteiger partial charge < -0.3 is 20.1 Å². The van der Waals surface area contributed by atoms with E-state index in [-0.39, 0.29) is 24.0 Å². The third-order valence-electron chi connectivity index (χ3n) is 5.25. The maximum absolute atomic E-state index is 5.83. The van der Waals surface area contributed by atoms with Crippen LogP contribution in [0.3, 0.4) is 0 Å². The van der Waals surface area contributed by atoms with E-state index in [0.717, 1.165) is 43.5 Å². The number of halogens is 1. The van der Waals surface area contributed by atoms with Gasteiger partial charge in [0.25, 0.3) is 0 Å². The summed E-state index contributed by atoms with van der Waals surface area (Å²) in [6.45, 7) is 8.60. The van der Waals surface area contributed by atoms with E-state index in [1.54, 1.807) is 14.2 Å². The van der Waals surface area contributed by atoms with Crippen molar-refractivity contribution in [3.05, 3.63) is 65.2 Å². The molecule has 1 aliphatic rings. The lowest BCUT2D eigenvalue weighted by molar-refractivity contribution is -0.0704. The summed E-state index contributed by atoms with van der Waals surface area (Å²) < 4.78 is 11.2. The minimum atomic E-state index is 0. The molecule has 7 heteroatoms. The van der Waals surface area contributed by atoms with Crippen molar-refractivity contribution in [2.45, 2.75) is 45.7 Å². The summed E-state index contributed by atoms with van der Waals surface area (Å²) in [5.41, 5.74) is 3.65. The minimum Gasteiger partial charge on any atom is -0.496 e. The zero-order valence-electron chi connectivity index (χ0n) is 18.9. The molecule has 2 unspecified atom stereocenters. The Morgan fingerprint density at radius 3 is 2.26 bits per heavy atom. The molecule has 2 atom stereocenters. The van der Waals surface area contributed by atoms with E-state index >= 15 is 0 Å². The average Bonchev–Trinajstić information content (AvgIpc) is 2.74. The highest BCUT2D eigenvalue weighted by atomic mass is 127. The van der Waals surface area contributed by atoms with Crippen LogP contribution in [0.2, 0.25) is 0 Å². The predicted octanol–water partition coefficient (Wildman–Crippen LogP) is 3.79. The standard InChI is InChI=1S/C24H34N4O2.HI/c1-18-15-28(16-19(2)30-18)17-21-11-9-20(10-12-21)13-26-24(25-3)27-14-22-7-5-6-8-23(22)29-4;/h5-12,18-19H,13-17H2,1-4H3,(H2,25,26,27);1H. The highest BCUT2D eigenvalue weighted by Crippen LogP contribution is 2.17. The van der Waals surface area contributed by atoms with Gasteiger partial charge in [-0.25, -0.2) is 0 Å². The van der Waals surface area contributed by atoms with Gasteiger partial charge in [0.05, 0.1) is 19.3 Å². The summed E-state index contributed by atoms with van der Waals surface area (Å²) in [7, 11) is 3.47. The van der Waals surface area contributed by atoms with Crippen LogP contribution in [0.1, 0.15) is 30.5 Å². The Balaban J connectivity index is 0.00000341. The fourth-order valence-corrected chi connectivity index (χ4v) is 3.87. The topological polar surface area (TPSA) is 58.1 Å². The molecule has 6 nitrogen and oxygen atoms in total. The molecule has 0 radical (unpaired) electrons. The van der Waals surface area contributed by atoms with Crippen LogP contribution in [0.5, 0.6) is 5.75 Å². The molecule has 0 aliphatic carbocycles. The number of hydrogen-bond acceptors (Lipinski definition) is 4. The van der Waals surface area contributed by atoms with Crippen LogP contribution in [-0.2, 0) is 24.4 Å². The number of ether oxygens (including phenoxy) is 2. The Labute approximate surface area is 203 Å². The maximum atomic E-state index is 5.83. The van der Waals surface area contributed by atoms with E-state index in [2.05, 4.69) is 58.6 Å². The normalized spacial score (nSPS) is 19.4. The lowest BCUT2D eigenvalue weighted by Gasteiger charge is -2.35. The number of para-hydroxylation sites is 1. The fourth-order valence-electron chi connectivity index (χ4n) is 3.87. The molecule has 2 aromatic carbocycles. The molecule has 2 N–H and O–H groups in total. The first kappa shape index (κ1) is 25.4. The van der Waals surface area contributed by atoms with Gasteiger partial charge in [-0.2, -0.15) is 0 Å². The molecule has 1 heterocycles. The van der Waals surface area contributed by atoms with Gasteiger partial charge in [0, 0.05) is 45.3 Å². The SMILES string of the molecule is CN=C(NCc1ccc(CN2CC(C)OC(C)C2)cc1)NCc1ccccc1OC.I. The van der Waals surface area contributed by atoms with E-state index in [1.807, 2.05) is 24.3 Å². The molecule has 31 heavy (non-hydrogen) atoms. The molecule has 0 bridgehead atoms. The summed E-state index contributed by atoms with van der Waals surface area (Å²) in [5, 5.41) is 6.72. The van der Waals surface area contributed by atoms with Gasteiger partial charge in [-0.1, -0.05) is 42.5 Å². The smallest absolute Gasteiger partial charge is 0.191 e. The van der Waals surface area contributed by atoms with E-state index in [0.29, 0.717) is 18.8 Å². The summed E-state index contributed by atoms with van der Waals surface area (Å²) >= 11 is 0. The number of aliphatic imine (C=N–C) groups is 1. The van der Waals surface area contributed by atoms with Gasteiger partial charge in [-0.05, 0) is 31.0 Å². The van der Waals surface area contributed by atoms with Crippen LogP contribution in [-0.4, -0.2) is 50.3 Å². The second-order valence-corrected chi connectivity index (χ2v) is 7.86. The number of methoxy groups -OCH3 is 1. The number of nitrogens with one attached hydrogen (secondary N) is 2. The zero-order valence-corrected chi connectivity index (χ0v) is 21.3. The molecule has 0 spiro atoms. The molecule has 1 aliphatic heterocycles. The molecule has 2 aromatic rings. The zero-order chi connectivity index (χ0) is 21.3. The Bertz CT molecular complexity index is 819. The molecule has 0 amide bonds. The van der Waals surface area contributed by atoms with Gasteiger partial charge in [0.2, 0.25) is 0 Å². The van der Waals surface area contributed by atoms with Crippen LogP contribution < -0.4 is 15.4 Å². The second kappa shape index (κ2) is 12.9. The first-order valence-corrected chi connectivity index (χ1v) is 10.6. The van der Waals surface area contributed by atoms with Crippen LogP contribution in [0.25, 0.3) is 0 Å². The van der Waals surface area contributed by atoms with Crippen molar-refractivity contribution in [1.82, 2.24) is 15.5 Å². The Kier molecular flexibility index (Phi) is 10.6. The van der Waals surface area contributed by atoms with Crippen LogP contribution >= 0.6 is 24.0 Å². The summed E-state index contributed by atoms with van der Waals surface area (Å²) in [6, 6.07) is 16.8. The van der Waals surface area contributed by atoms with Crippen molar-refractivity contribution in [2.75, 3.05) is 27.2 Å². The van der Waals surface area contributed by atoms with Gasteiger partial charge in [-0.3, -0.25) is 9.89 Å².